The van der Waals surface area contributed by atoms with E-state index in [2.05, 4.69) is 9.97 Å². The zero-order chi connectivity index (χ0) is 14.0. The lowest BCUT2D eigenvalue weighted by molar-refractivity contribution is -0.136. The molecule has 4 N–H and O–H groups in total. The van der Waals surface area contributed by atoms with Crippen LogP contribution in [-0.4, -0.2) is 21.0 Å². The first-order valence-corrected chi connectivity index (χ1v) is 5.65. The molecule has 2 rings (SSSR count). The highest BCUT2D eigenvalue weighted by Crippen LogP contribution is 2.16. The van der Waals surface area contributed by atoms with Crippen LogP contribution < -0.4 is 11.3 Å². The summed E-state index contributed by atoms with van der Waals surface area (Å²) in [5, 5.41) is 8.70. The fraction of sp³-hybridized carbons (Fsp3) is 0.154. The Balaban J connectivity index is 2.48. The van der Waals surface area contributed by atoms with Crippen molar-refractivity contribution in [2.45, 2.75) is 13.3 Å². The van der Waals surface area contributed by atoms with Crippen LogP contribution in [-0.2, 0) is 11.2 Å². The van der Waals surface area contributed by atoms with Gasteiger partial charge in [0.2, 0.25) is 0 Å². The lowest BCUT2D eigenvalue weighted by atomic mass is 10.1. The quantitative estimate of drug-likeness (QED) is 0.760. The number of aryl methyl sites for hydroxylation is 1. The van der Waals surface area contributed by atoms with Gasteiger partial charge in [0.25, 0.3) is 5.56 Å². The van der Waals surface area contributed by atoms with Crippen LogP contribution in [0.2, 0.25) is 0 Å². The minimum absolute atomic E-state index is 0.0247. The summed E-state index contributed by atoms with van der Waals surface area (Å²) in [6, 6.07) is 7.39. The van der Waals surface area contributed by atoms with E-state index in [0.29, 0.717) is 5.82 Å². The molecule has 1 aromatic carbocycles. The second-order valence-electron chi connectivity index (χ2n) is 4.21. The molecule has 0 bridgehead atoms. The molecule has 6 heteroatoms. The number of anilines is 1. The van der Waals surface area contributed by atoms with Crippen LogP contribution in [0.4, 0.5) is 5.82 Å². The number of nitrogens with two attached hydrogens (primary N) is 1. The molecule has 0 amide bonds. The number of aliphatic carboxylic acids is 1. The van der Waals surface area contributed by atoms with Crippen molar-refractivity contribution in [3.05, 3.63) is 45.7 Å². The normalized spacial score (nSPS) is 10.4. The van der Waals surface area contributed by atoms with Crippen molar-refractivity contribution in [1.82, 2.24) is 9.97 Å². The minimum atomic E-state index is -1.12. The maximum absolute atomic E-state index is 11.8. The Morgan fingerprint density at radius 1 is 1.37 bits per heavy atom. The van der Waals surface area contributed by atoms with E-state index in [9.17, 15) is 9.59 Å². The number of benzene rings is 1. The Kier molecular flexibility index (Phi) is 3.33. The maximum atomic E-state index is 11.8. The lowest BCUT2D eigenvalue weighted by Gasteiger charge is -2.05. The molecule has 0 aliphatic carbocycles. The standard InChI is InChI=1S/C13H13N3O3/c1-7-2-4-8(5-3-7)12-15-11(14)9(6-10(17)18)13(19)16-12/h2-5H,6H2,1H3,(H,17,18)(H3,14,15,16,19). The van der Waals surface area contributed by atoms with Gasteiger partial charge in [0.05, 0.1) is 12.0 Å². The number of carbonyl (C=O) groups is 1. The van der Waals surface area contributed by atoms with Gasteiger partial charge in [0.15, 0.2) is 0 Å². The van der Waals surface area contributed by atoms with E-state index in [1.165, 1.54) is 0 Å². The molecule has 0 fully saturated rings. The summed E-state index contributed by atoms with van der Waals surface area (Å²) in [4.78, 5) is 29.0. The summed E-state index contributed by atoms with van der Waals surface area (Å²) in [5.74, 6) is -0.847. The summed E-state index contributed by atoms with van der Waals surface area (Å²) in [6.07, 6.45) is -0.442. The Bertz CT molecular complexity index is 675. The van der Waals surface area contributed by atoms with Gasteiger partial charge in [-0.2, -0.15) is 0 Å². The van der Waals surface area contributed by atoms with Gasteiger partial charge in [0.1, 0.15) is 11.6 Å². The molecule has 6 nitrogen and oxygen atoms in total. The Morgan fingerprint density at radius 2 is 2.00 bits per heavy atom. The SMILES string of the molecule is Cc1ccc(-c2nc(N)c(CC(=O)O)c(=O)[nH]2)cc1. The number of aromatic amines is 1. The van der Waals surface area contributed by atoms with Crippen molar-refractivity contribution < 1.29 is 9.90 Å². The number of nitrogens with one attached hydrogen (secondary N) is 1. The van der Waals surface area contributed by atoms with Gasteiger partial charge in [0, 0.05) is 5.56 Å². The number of nitrogen functional groups attached to an aromatic ring is 1. The van der Waals surface area contributed by atoms with Crippen molar-refractivity contribution >= 4 is 11.8 Å². The Hall–Kier alpha value is -2.63. The number of nitrogens with zero attached hydrogens (tertiary/aromatic N) is 1. The van der Waals surface area contributed by atoms with Gasteiger partial charge in [-0.3, -0.25) is 9.59 Å². The Morgan fingerprint density at radius 3 is 2.53 bits per heavy atom. The molecular weight excluding hydrogens is 246 g/mol. The molecule has 0 saturated carbocycles. The van der Waals surface area contributed by atoms with Gasteiger partial charge in [-0.15, -0.1) is 0 Å². The first kappa shape index (κ1) is 12.8. The molecule has 0 saturated heterocycles. The molecule has 1 aromatic heterocycles. The van der Waals surface area contributed by atoms with Crippen LogP contribution in [0, 0.1) is 6.92 Å². The predicted molar refractivity (Wildman–Crippen MR) is 70.8 cm³/mol. The summed E-state index contributed by atoms with van der Waals surface area (Å²) < 4.78 is 0. The third-order valence-corrected chi connectivity index (χ3v) is 2.70. The van der Waals surface area contributed by atoms with Crippen molar-refractivity contribution in [2.75, 3.05) is 5.73 Å². The molecule has 98 valence electrons. The summed E-state index contributed by atoms with van der Waals surface area (Å²) in [5.41, 5.74) is 6.90. The van der Waals surface area contributed by atoms with Crippen LogP contribution in [0.15, 0.2) is 29.1 Å². The topological polar surface area (TPSA) is 109 Å². The number of carboxylic acids is 1. The average Bonchev–Trinajstić information content (AvgIpc) is 2.34. The lowest BCUT2D eigenvalue weighted by Crippen LogP contribution is -2.21. The third kappa shape index (κ3) is 2.79. The molecule has 19 heavy (non-hydrogen) atoms. The molecule has 0 spiro atoms. The van der Waals surface area contributed by atoms with Crippen LogP contribution in [0.5, 0.6) is 0 Å². The van der Waals surface area contributed by atoms with E-state index in [0.717, 1.165) is 11.1 Å². The van der Waals surface area contributed by atoms with Crippen LogP contribution in [0.1, 0.15) is 11.1 Å². The number of aromatic nitrogens is 2. The van der Waals surface area contributed by atoms with E-state index in [4.69, 9.17) is 10.8 Å². The van der Waals surface area contributed by atoms with Gasteiger partial charge >= 0.3 is 5.97 Å². The Labute approximate surface area is 108 Å². The number of H-pyrrole nitrogens is 1. The molecule has 0 aliphatic rings. The first-order chi connectivity index (χ1) is 8.97. The molecule has 1 heterocycles. The largest absolute Gasteiger partial charge is 0.481 e. The third-order valence-electron chi connectivity index (χ3n) is 2.70. The highest BCUT2D eigenvalue weighted by Gasteiger charge is 2.13. The van der Waals surface area contributed by atoms with Crippen LogP contribution in [0.25, 0.3) is 11.4 Å². The highest BCUT2D eigenvalue weighted by molar-refractivity contribution is 5.72. The molecule has 0 radical (unpaired) electrons. The molecule has 2 aromatic rings. The van der Waals surface area contributed by atoms with Crippen molar-refractivity contribution in [3.63, 3.8) is 0 Å². The smallest absolute Gasteiger partial charge is 0.308 e. The van der Waals surface area contributed by atoms with E-state index in [-0.39, 0.29) is 11.4 Å². The van der Waals surface area contributed by atoms with Gasteiger partial charge in [-0.25, -0.2) is 4.98 Å². The van der Waals surface area contributed by atoms with E-state index >= 15 is 0 Å². The van der Waals surface area contributed by atoms with E-state index in [1.807, 2.05) is 31.2 Å². The summed E-state index contributed by atoms with van der Waals surface area (Å²) in [7, 11) is 0. The van der Waals surface area contributed by atoms with Crippen LogP contribution >= 0.6 is 0 Å². The van der Waals surface area contributed by atoms with Gasteiger partial charge < -0.3 is 15.8 Å². The molecule has 0 atom stereocenters. The number of rotatable bonds is 3. The van der Waals surface area contributed by atoms with E-state index in [1.54, 1.807) is 0 Å². The maximum Gasteiger partial charge on any atom is 0.308 e. The molecule has 0 aliphatic heterocycles. The highest BCUT2D eigenvalue weighted by atomic mass is 16.4. The van der Waals surface area contributed by atoms with E-state index < -0.39 is 17.9 Å². The van der Waals surface area contributed by atoms with Crippen molar-refractivity contribution in [2.24, 2.45) is 0 Å². The van der Waals surface area contributed by atoms with Gasteiger partial charge in [-0.05, 0) is 6.92 Å². The zero-order valence-electron chi connectivity index (χ0n) is 10.3. The van der Waals surface area contributed by atoms with Crippen molar-refractivity contribution in [3.8, 4) is 11.4 Å². The first-order valence-electron chi connectivity index (χ1n) is 5.65. The zero-order valence-corrected chi connectivity index (χ0v) is 10.3. The second-order valence-corrected chi connectivity index (χ2v) is 4.21. The monoisotopic (exact) mass is 259 g/mol. The molecule has 0 unspecified atom stereocenters. The second kappa shape index (κ2) is 4.93. The fourth-order valence-corrected chi connectivity index (χ4v) is 1.69. The number of hydrogen-bond donors (Lipinski definition) is 3. The summed E-state index contributed by atoms with van der Waals surface area (Å²) in [6.45, 7) is 1.95. The van der Waals surface area contributed by atoms with Gasteiger partial charge in [-0.1, -0.05) is 29.8 Å². The summed E-state index contributed by atoms with van der Waals surface area (Å²) >= 11 is 0. The number of carboxylic acid groups (broad SMARTS) is 1. The van der Waals surface area contributed by atoms with Crippen LogP contribution in [0.3, 0.4) is 0 Å². The predicted octanol–water partition coefficient (Wildman–Crippen LogP) is 0.955. The minimum Gasteiger partial charge on any atom is -0.481 e. The average molecular weight is 259 g/mol. The molecular formula is C13H13N3O3. The number of hydrogen-bond acceptors (Lipinski definition) is 4. The van der Waals surface area contributed by atoms with Crippen molar-refractivity contribution in [1.29, 1.82) is 0 Å². The fourth-order valence-electron chi connectivity index (χ4n) is 1.69.